The van der Waals surface area contributed by atoms with Crippen molar-refractivity contribution in [1.82, 2.24) is 0 Å². The molecule has 0 amide bonds. The van der Waals surface area contributed by atoms with Crippen LogP contribution in [0.25, 0.3) is 0 Å². The van der Waals surface area contributed by atoms with Crippen molar-refractivity contribution in [2.75, 3.05) is 0 Å². The van der Waals surface area contributed by atoms with Gasteiger partial charge in [-0.1, -0.05) is 54.6 Å². The van der Waals surface area contributed by atoms with E-state index in [0.717, 1.165) is 0 Å². The van der Waals surface area contributed by atoms with Gasteiger partial charge in [-0.3, -0.25) is 0 Å². The molecular formula is C19H16BF6P. The lowest BCUT2D eigenvalue weighted by atomic mass is 10.3. The summed E-state index contributed by atoms with van der Waals surface area (Å²) < 4.78 is 67.9. The van der Waals surface area contributed by atoms with Gasteiger partial charge in [0.15, 0.2) is 7.26 Å². The second-order valence-corrected chi connectivity index (χ2v) is 8.89. The van der Waals surface area contributed by atoms with E-state index in [2.05, 4.69) is 0 Å². The molecule has 27 heavy (non-hydrogen) atoms. The summed E-state index contributed by atoms with van der Waals surface area (Å²) in [4.78, 5) is 0. The third kappa shape index (κ3) is 5.36. The Morgan fingerprint density at radius 3 is 0.926 bits per heavy atom. The van der Waals surface area contributed by atoms with Gasteiger partial charge in [0.25, 0.3) is 0 Å². The van der Waals surface area contributed by atoms with E-state index in [9.17, 15) is 26.0 Å². The third-order valence-corrected chi connectivity index (χ3v) is 7.71. The predicted molar refractivity (Wildman–Crippen MR) is 101 cm³/mol. The van der Waals surface area contributed by atoms with E-state index in [4.69, 9.17) is 0 Å². The van der Waals surface area contributed by atoms with Gasteiger partial charge < -0.3 is 17.3 Å². The molecule has 0 aromatic heterocycles. The Hall–Kier alpha value is -2.27. The molecule has 0 saturated heterocycles. The molecule has 3 rings (SSSR count). The largest absolute Gasteiger partial charge is 0.673 e. The Morgan fingerprint density at radius 1 is 0.519 bits per heavy atom. The van der Waals surface area contributed by atoms with Crippen molar-refractivity contribution in [3.05, 3.63) is 91.0 Å². The molecule has 0 fully saturated rings. The monoisotopic (exact) mass is 400 g/mol. The molecular weight excluding hydrogens is 384 g/mol. The average molecular weight is 400 g/mol. The summed E-state index contributed by atoms with van der Waals surface area (Å²) in [5.74, 6) is 0. The van der Waals surface area contributed by atoms with E-state index in [1.807, 2.05) is 91.0 Å². The van der Waals surface area contributed by atoms with Crippen LogP contribution in [0.1, 0.15) is 0 Å². The van der Waals surface area contributed by atoms with Crippen LogP contribution in [-0.2, 0) is 0 Å². The lowest BCUT2D eigenvalue weighted by molar-refractivity contribution is 0.245. The van der Waals surface area contributed by atoms with Gasteiger partial charge in [0.05, 0.1) is 0 Å². The van der Waals surface area contributed by atoms with Gasteiger partial charge in [-0.25, -0.2) is 0 Å². The summed E-state index contributed by atoms with van der Waals surface area (Å²) in [6.07, 6.45) is -2.44. The van der Waals surface area contributed by atoms with Crippen LogP contribution in [0.15, 0.2) is 91.0 Å². The Morgan fingerprint density at radius 2 is 0.741 bits per heavy atom. The molecule has 0 N–H and O–H groups in total. The lowest BCUT2D eigenvalue weighted by Gasteiger charge is -2.26. The highest BCUT2D eigenvalue weighted by Crippen LogP contribution is 2.60. The minimum absolute atomic E-state index is 0.711. The third-order valence-electron chi connectivity index (χ3n) is 3.78. The van der Waals surface area contributed by atoms with Gasteiger partial charge in [-0.15, -0.1) is 0 Å². The fraction of sp³-hybridized carbons (Fsp3) is 0.0526. The van der Waals surface area contributed by atoms with Crippen LogP contribution in [-0.4, -0.2) is 13.4 Å². The first-order valence-corrected chi connectivity index (χ1v) is 9.83. The second kappa shape index (κ2) is 9.09. The summed E-state index contributed by atoms with van der Waals surface area (Å²) in [7, 11) is -8.96. The SMILES string of the molecule is FC(F)[P+](c1ccccc1)(c1ccccc1)c1ccccc1.F[B-](F)(F)F. The normalized spacial score (nSPS) is 11.7. The highest BCUT2D eigenvalue weighted by atomic mass is 31.2. The van der Waals surface area contributed by atoms with E-state index < -0.39 is 20.7 Å². The molecule has 0 bridgehead atoms. The number of alkyl halides is 2. The summed E-state index contributed by atoms with van der Waals surface area (Å²) in [5.41, 5.74) is 0. The molecule has 3 aromatic rings. The summed E-state index contributed by atoms with van der Waals surface area (Å²) >= 11 is 0. The maximum atomic E-state index is 14.5. The quantitative estimate of drug-likeness (QED) is 0.308. The van der Waals surface area contributed by atoms with Gasteiger partial charge in [-0.2, -0.15) is 8.78 Å². The number of benzene rings is 3. The summed E-state index contributed by atoms with van der Waals surface area (Å²) in [6.45, 7) is 0. The Labute approximate surface area is 154 Å². The molecule has 0 spiro atoms. The smallest absolute Gasteiger partial charge is 0.418 e. The molecule has 0 aliphatic carbocycles. The van der Waals surface area contributed by atoms with Crippen LogP contribution in [0.5, 0.6) is 0 Å². The molecule has 0 aliphatic heterocycles. The van der Waals surface area contributed by atoms with E-state index in [-0.39, 0.29) is 0 Å². The first-order chi connectivity index (χ1) is 12.8. The van der Waals surface area contributed by atoms with Crippen molar-refractivity contribution in [2.24, 2.45) is 0 Å². The molecule has 142 valence electrons. The first-order valence-electron chi connectivity index (χ1n) is 7.97. The second-order valence-electron chi connectivity index (χ2n) is 5.50. The van der Waals surface area contributed by atoms with Crippen molar-refractivity contribution in [2.45, 2.75) is 6.17 Å². The van der Waals surface area contributed by atoms with E-state index in [1.165, 1.54) is 0 Å². The van der Waals surface area contributed by atoms with Crippen LogP contribution in [0.3, 0.4) is 0 Å². The van der Waals surface area contributed by atoms with Gasteiger partial charge in [0.2, 0.25) is 0 Å². The van der Waals surface area contributed by atoms with E-state index in [0.29, 0.717) is 15.9 Å². The van der Waals surface area contributed by atoms with Gasteiger partial charge in [0.1, 0.15) is 15.9 Å². The van der Waals surface area contributed by atoms with E-state index in [1.54, 1.807) is 0 Å². The zero-order valence-corrected chi connectivity index (χ0v) is 14.9. The van der Waals surface area contributed by atoms with Crippen LogP contribution < -0.4 is 15.9 Å². The topological polar surface area (TPSA) is 0 Å². The predicted octanol–water partition coefficient (Wildman–Crippen LogP) is 5.50. The highest BCUT2D eigenvalue weighted by molar-refractivity contribution is 7.96. The number of halogens is 6. The maximum Gasteiger partial charge on any atom is 0.673 e. The molecule has 8 heteroatoms. The standard InChI is InChI=1S/C19H16F2P.BF4/c20-19(21)22(16-10-4-1-5-11-16,17-12-6-2-7-13-17)18-14-8-3-9-15-18;2-1(3,4)5/h1-15,19H;/q+1;-1. The van der Waals surface area contributed by atoms with Crippen LogP contribution in [0.2, 0.25) is 0 Å². The highest BCUT2D eigenvalue weighted by Gasteiger charge is 2.54. The van der Waals surface area contributed by atoms with Crippen LogP contribution in [0, 0.1) is 0 Å². The molecule has 0 nitrogen and oxygen atoms in total. The minimum atomic E-state index is -6.00. The number of hydrogen-bond acceptors (Lipinski definition) is 0. The Bertz CT molecular complexity index is 707. The Balaban J connectivity index is 0.000000465. The fourth-order valence-corrected chi connectivity index (χ4v) is 6.27. The maximum absolute atomic E-state index is 14.5. The fourth-order valence-electron chi connectivity index (χ4n) is 2.77. The molecule has 0 saturated carbocycles. The molecule has 0 atom stereocenters. The van der Waals surface area contributed by atoms with Crippen molar-refractivity contribution >= 4 is 30.4 Å². The zero-order valence-electron chi connectivity index (χ0n) is 14.0. The minimum Gasteiger partial charge on any atom is -0.418 e. The van der Waals surface area contributed by atoms with Crippen LogP contribution >= 0.6 is 7.26 Å². The van der Waals surface area contributed by atoms with Crippen molar-refractivity contribution < 1.29 is 26.0 Å². The van der Waals surface area contributed by atoms with Gasteiger partial charge in [-0.05, 0) is 36.4 Å². The number of rotatable bonds is 4. The molecule has 3 aromatic carbocycles. The Kier molecular flexibility index (Phi) is 7.08. The van der Waals surface area contributed by atoms with Gasteiger partial charge in [0, 0.05) is 0 Å². The average Bonchev–Trinajstić information content (AvgIpc) is 2.63. The van der Waals surface area contributed by atoms with Crippen LogP contribution in [0.4, 0.5) is 26.0 Å². The van der Waals surface area contributed by atoms with E-state index >= 15 is 0 Å². The molecule has 0 heterocycles. The molecule has 0 radical (unpaired) electrons. The first kappa shape index (κ1) is 21.0. The zero-order chi connectivity index (χ0) is 19.9. The van der Waals surface area contributed by atoms with Gasteiger partial charge >= 0.3 is 13.4 Å². The number of hydrogen-bond donors (Lipinski definition) is 0. The van der Waals surface area contributed by atoms with Crippen molar-refractivity contribution in [3.8, 4) is 0 Å². The lowest BCUT2D eigenvalue weighted by Crippen LogP contribution is -2.35. The van der Waals surface area contributed by atoms with Crippen molar-refractivity contribution in [3.63, 3.8) is 0 Å². The van der Waals surface area contributed by atoms with Crippen molar-refractivity contribution in [1.29, 1.82) is 0 Å². The molecule has 0 unspecified atom stereocenters. The molecule has 0 aliphatic rings. The summed E-state index contributed by atoms with van der Waals surface area (Å²) in [6, 6.07) is 27.5. The summed E-state index contributed by atoms with van der Waals surface area (Å²) in [5, 5.41) is 2.13.